The number of aromatic nitrogens is 1. The van der Waals surface area contributed by atoms with Crippen molar-refractivity contribution >= 4 is 37.8 Å². The number of halogens is 2. The van der Waals surface area contributed by atoms with E-state index in [4.69, 9.17) is 0 Å². The zero-order valence-electron chi connectivity index (χ0n) is 17.5. The van der Waals surface area contributed by atoms with Gasteiger partial charge in [0.15, 0.2) is 0 Å². The van der Waals surface area contributed by atoms with Crippen molar-refractivity contribution in [2.75, 3.05) is 12.3 Å². The van der Waals surface area contributed by atoms with Gasteiger partial charge in [-0.05, 0) is 81.9 Å². The maximum atomic E-state index is 14.9. The molecule has 3 N–H and O–H groups in total. The van der Waals surface area contributed by atoms with Crippen molar-refractivity contribution in [3.8, 4) is 6.07 Å². The van der Waals surface area contributed by atoms with E-state index in [1.165, 1.54) is 12.1 Å². The molecule has 1 aromatic heterocycles. The van der Waals surface area contributed by atoms with E-state index in [1.807, 2.05) is 20.8 Å². The van der Waals surface area contributed by atoms with E-state index < -0.39 is 42.7 Å². The van der Waals surface area contributed by atoms with Gasteiger partial charge in [0.05, 0.1) is 6.07 Å². The normalized spacial score (nSPS) is 31.0. The molecule has 0 aromatic carbocycles. The van der Waals surface area contributed by atoms with Crippen LogP contribution in [-0.2, 0) is 16.9 Å². The number of rotatable bonds is 5. The molecule has 0 spiro atoms. The minimum Gasteiger partial charge on any atom is -0.598 e. The van der Waals surface area contributed by atoms with Gasteiger partial charge in [-0.1, -0.05) is 10.5 Å². The van der Waals surface area contributed by atoms with Crippen LogP contribution in [-0.4, -0.2) is 35.9 Å². The average molecular weight is 510 g/mol. The summed E-state index contributed by atoms with van der Waals surface area (Å²) in [5.41, 5.74) is -1.22. The molecule has 2 heterocycles. The van der Waals surface area contributed by atoms with Crippen LogP contribution in [0.4, 0.5) is 4.39 Å². The minimum atomic E-state index is -2.72. The maximum absolute atomic E-state index is 14.9. The average Bonchev–Trinajstić information content (AvgIpc) is 2.75. The first-order valence-electron chi connectivity index (χ1n) is 9.47. The summed E-state index contributed by atoms with van der Waals surface area (Å²) in [7, 11) is -2.72. The Balaban J connectivity index is 2.58. The summed E-state index contributed by atoms with van der Waals surface area (Å²) < 4.78 is 44.6. The molecule has 0 bridgehead atoms. The Morgan fingerprint density at radius 2 is 2.10 bits per heavy atom. The van der Waals surface area contributed by atoms with Gasteiger partial charge in [0.1, 0.15) is 31.1 Å². The Bertz CT molecular complexity index is 790. The third-order valence-corrected chi connectivity index (χ3v) is 10.8. The van der Waals surface area contributed by atoms with Crippen LogP contribution < -0.4 is 9.44 Å². The Morgan fingerprint density at radius 3 is 2.69 bits per heavy atom. The first kappa shape index (κ1) is 24.9. The summed E-state index contributed by atoms with van der Waals surface area (Å²) in [4.78, 5) is 4.31. The molecule has 164 valence electrons. The van der Waals surface area contributed by atoms with Crippen LogP contribution >= 0.6 is 26.4 Å². The minimum absolute atomic E-state index is 0.00769. The zero-order valence-corrected chi connectivity index (χ0v) is 20.7. The molecule has 6 nitrogen and oxygen atoms in total. The summed E-state index contributed by atoms with van der Waals surface area (Å²) in [6, 6.07) is 5.07. The van der Waals surface area contributed by atoms with Gasteiger partial charge in [-0.3, -0.25) is 4.72 Å². The van der Waals surface area contributed by atoms with Crippen molar-refractivity contribution in [2.24, 2.45) is 0 Å². The van der Waals surface area contributed by atoms with Gasteiger partial charge >= 0.3 is 0 Å². The topological polar surface area (TPSA) is 104 Å². The van der Waals surface area contributed by atoms with E-state index in [9.17, 15) is 18.8 Å². The Hall–Kier alpha value is -0.410. The van der Waals surface area contributed by atoms with Crippen molar-refractivity contribution in [3.05, 3.63) is 28.2 Å². The highest BCUT2D eigenvalue weighted by Crippen LogP contribution is 2.58. The number of nitriles is 1. The molecule has 10 heteroatoms. The van der Waals surface area contributed by atoms with Gasteiger partial charge < -0.3 is 9.11 Å². The van der Waals surface area contributed by atoms with E-state index in [-0.39, 0.29) is 11.4 Å². The van der Waals surface area contributed by atoms with Crippen LogP contribution in [0.5, 0.6) is 0 Å². The molecule has 0 radical (unpaired) electrons. The van der Waals surface area contributed by atoms with E-state index in [1.54, 1.807) is 13.8 Å². The highest BCUT2D eigenvalue weighted by molar-refractivity contribution is 9.10. The summed E-state index contributed by atoms with van der Waals surface area (Å²) >= 11 is 1.72. The molecule has 4 unspecified atom stereocenters. The lowest BCUT2D eigenvalue weighted by molar-refractivity contribution is 0.415. The highest BCUT2D eigenvalue weighted by atomic mass is 79.9. The molecule has 0 amide bonds. The molecule has 1 fully saturated rings. The monoisotopic (exact) mass is 508 g/mol. The predicted molar refractivity (Wildman–Crippen MR) is 121 cm³/mol. The molecule has 4 atom stereocenters. The van der Waals surface area contributed by atoms with Crippen molar-refractivity contribution in [1.29, 1.82) is 5.26 Å². The molecular weight excluding hydrogens is 479 g/mol. The van der Waals surface area contributed by atoms with Crippen LogP contribution in [0, 0.1) is 17.1 Å². The van der Waals surface area contributed by atoms with Crippen molar-refractivity contribution in [1.82, 2.24) is 14.4 Å². The Kier molecular flexibility index (Phi) is 7.70. The number of pyridine rings is 1. The van der Waals surface area contributed by atoms with Gasteiger partial charge in [0.2, 0.25) is 0 Å². The van der Waals surface area contributed by atoms with E-state index >= 15 is 0 Å². The van der Waals surface area contributed by atoms with Gasteiger partial charge in [0.25, 0.3) is 0 Å². The van der Waals surface area contributed by atoms with Crippen LogP contribution in [0.1, 0.15) is 59.6 Å². The SMILES string of the molecule is CC(CS1(O)NCCCCC1(C)C#N)(N[S+]([O-])C(C)(C)C)c1nc(Br)ccc1F. The Morgan fingerprint density at radius 1 is 1.45 bits per heavy atom. The molecule has 1 saturated heterocycles. The molecule has 1 aromatic rings. The largest absolute Gasteiger partial charge is 0.598 e. The third-order valence-electron chi connectivity index (χ3n) is 5.11. The van der Waals surface area contributed by atoms with E-state index in [0.717, 1.165) is 12.8 Å². The fourth-order valence-corrected chi connectivity index (χ4v) is 7.41. The zero-order chi connectivity index (χ0) is 22.1. The van der Waals surface area contributed by atoms with Gasteiger partial charge in [0, 0.05) is 23.7 Å². The van der Waals surface area contributed by atoms with Gasteiger partial charge in [-0.15, -0.1) is 4.72 Å². The number of hydrogen-bond acceptors (Lipinski definition) is 6. The van der Waals surface area contributed by atoms with Crippen LogP contribution in [0.25, 0.3) is 0 Å². The van der Waals surface area contributed by atoms with Gasteiger partial charge in [-0.25, -0.2) is 9.37 Å². The standard InChI is InChI=1S/C19H30BrFN4O2S2/c1-17(2,3)28(26)25-19(5,16-14(21)8-9-15(20)24-16)13-29(27)18(4,12-22)10-6-7-11-23-29/h8-9,23,25,27H,6-7,10-11,13H2,1-5H3. The second kappa shape index (κ2) is 8.99. The predicted octanol–water partition coefficient (Wildman–Crippen LogP) is 4.50. The second-order valence-corrected chi connectivity index (χ2v) is 14.5. The van der Waals surface area contributed by atoms with Crippen molar-refractivity contribution < 1.29 is 13.5 Å². The highest BCUT2D eigenvalue weighted by Gasteiger charge is 2.51. The van der Waals surface area contributed by atoms with Crippen molar-refractivity contribution in [3.63, 3.8) is 0 Å². The van der Waals surface area contributed by atoms with E-state index in [2.05, 4.69) is 36.4 Å². The third kappa shape index (κ3) is 5.45. The smallest absolute Gasteiger partial charge is 0.146 e. The van der Waals surface area contributed by atoms with Crippen LogP contribution in [0.3, 0.4) is 0 Å². The summed E-state index contributed by atoms with van der Waals surface area (Å²) in [5, 5.41) is 9.88. The lowest BCUT2D eigenvalue weighted by Crippen LogP contribution is -2.56. The van der Waals surface area contributed by atoms with Crippen molar-refractivity contribution in [2.45, 2.75) is 68.9 Å². The molecule has 2 rings (SSSR count). The first-order valence-corrected chi connectivity index (χ1v) is 13.2. The van der Waals surface area contributed by atoms with Crippen LogP contribution in [0.15, 0.2) is 16.7 Å². The van der Waals surface area contributed by atoms with E-state index in [0.29, 0.717) is 17.6 Å². The number of nitrogens with zero attached hydrogens (tertiary/aromatic N) is 2. The second-order valence-electron chi connectivity index (χ2n) is 8.82. The Labute approximate surface area is 186 Å². The molecule has 0 aliphatic carbocycles. The quantitative estimate of drug-likeness (QED) is 0.399. The van der Waals surface area contributed by atoms with Gasteiger partial charge in [-0.2, -0.15) is 5.26 Å². The molecular formula is C19H30BrFN4O2S2. The fourth-order valence-electron chi connectivity index (χ4n) is 3.23. The van der Waals surface area contributed by atoms with Crippen LogP contribution in [0.2, 0.25) is 0 Å². The molecule has 1 aliphatic heterocycles. The number of nitrogens with one attached hydrogen (secondary N) is 2. The fraction of sp³-hybridized carbons (Fsp3) is 0.684. The molecule has 0 saturated carbocycles. The molecule has 1 aliphatic rings. The lowest BCUT2D eigenvalue weighted by atomic mass is 10.0. The summed E-state index contributed by atoms with van der Waals surface area (Å²) in [6.07, 6.45) is 2.19. The summed E-state index contributed by atoms with van der Waals surface area (Å²) in [6.45, 7) is 9.43. The molecule has 29 heavy (non-hydrogen) atoms. The first-order chi connectivity index (χ1) is 13.3. The maximum Gasteiger partial charge on any atom is 0.146 e. The lowest BCUT2D eigenvalue weighted by Gasteiger charge is -2.49. The number of hydrogen-bond donors (Lipinski definition) is 3. The summed E-state index contributed by atoms with van der Waals surface area (Å²) in [5.74, 6) is -0.573.